The van der Waals surface area contributed by atoms with E-state index in [1.165, 1.54) is 22.7 Å². The Morgan fingerprint density at radius 2 is 2.20 bits per heavy atom. The number of thiophene rings is 1. The number of sulfonamides is 1. The molecule has 0 amide bonds. The number of nitrogens with one attached hydrogen (secondary N) is 2. The van der Waals surface area contributed by atoms with Crippen molar-refractivity contribution in [3.8, 4) is 0 Å². The SMILES string of the molecule is CNCc1cc(S(=O)(=O)NC(C)c2ncc(C)s2)cs1. The summed E-state index contributed by atoms with van der Waals surface area (Å²) in [6.07, 6.45) is 1.75. The Morgan fingerprint density at radius 3 is 2.80 bits per heavy atom. The third kappa shape index (κ3) is 3.64. The summed E-state index contributed by atoms with van der Waals surface area (Å²) in [5.74, 6) is 0. The quantitative estimate of drug-likeness (QED) is 0.852. The summed E-state index contributed by atoms with van der Waals surface area (Å²) in [5, 5.41) is 5.44. The number of aryl methyl sites for hydroxylation is 1. The van der Waals surface area contributed by atoms with Gasteiger partial charge in [-0.1, -0.05) is 0 Å². The Bertz CT molecular complexity index is 676. The number of thiazole rings is 1. The van der Waals surface area contributed by atoms with Crippen LogP contribution in [0.15, 0.2) is 22.5 Å². The van der Waals surface area contributed by atoms with Gasteiger partial charge in [0, 0.05) is 27.9 Å². The first-order valence-corrected chi connectivity index (χ1v) is 9.27. The molecule has 0 bridgehead atoms. The molecule has 1 atom stereocenters. The molecule has 110 valence electrons. The Hall–Kier alpha value is -0.800. The second-order valence-corrected chi connectivity index (χ2v) is 8.41. The van der Waals surface area contributed by atoms with E-state index in [0.717, 1.165) is 14.8 Å². The van der Waals surface area contributed by atoms with Gasteiger partial charge in [0.2, 0.25) is 10.0 Å². The maximum absolute atomic E-state index is 12.3. The van der Waals surface area contributed by atoms with Gasteiger partial charge in [-0.05, 0) is 27.0 Å². The van der Waals surface area contributed by atoms with E-state index < -0.39 is 10.0 Å². The van der Waals surface area contributed by atoms with Crippen molar-refractivity contribution in [2.45, 2.75) is 31.3 Å². The zero-order valence-corrected chi connectivity index (χ0v) is 14.0. The fraction of sp³-hybridized carbons (Fsp3) is 0.417. The zero-order valence-electron chi connectivity index (χ0n) is 11.5. The molecule has 0 radical (unpaired) electrons. The predicted molar refractivity (Wildman–Crippen MR) is 82.7 cm³/mol. The normalized spacial score (nSPS) is 13.6. The molecule has 0 aliphatic rings. The minimum absolute atomic E-state index is 0.313. The molecular formula is C12H17N3O2S3. The molecule has 0 aliphatic heterocycles. The van der Waals surface area contributed by atoms with Crippen molar-refractivity contribution in [1.82, 2.24) is 15.0 Å². The lowest BCUT2D eigenvalue weighted by atomic mass is 10.4. The number of hydrogen-bond donors (Lipinski definition) is 2. The van der Waals surface area contributed by atoms with E-state index in [1.54, 1.807) is 24.6 Å². The highest BCUT2D eigenvalue weighted by Crippen LogP contribution is 2.23. The molecule has 0 aromatic carbocycles. The van der Waals surface area contributed by atoms with Crippen molar-refractivity contribution in [1.29, 1.82) is 0 Å². The highest BCUT2D eigenvalue weighted by Gasteiger charge is 2.21. The van der Waals surface area contributed by atoms with Crippen molar-refractivity contribution in [2.75, 3.05) is 7.05 Å². The van der Waals surface area contributed by atoms with Crippen molar-refractivity contribution in [3.63, 3.8) is 0 Å². The maximum Gasteiger partial charge on any atom is 0.242 e. The van der Waals surface area contributed by atoms with Gasteiger partial charge in [-0.2, -0.15) is 0 Å². The van der Waals surface area contributed by atoms with E-state index in [0.29, 0.717) is 11.4 Å². The summed E-state index contributed by atoms with van der Waals surface area (Å²) >= 11 is 2.93. The van der Waals surface area contributed by atoms with Gasteiger partial charge in [0.05, 0.1) is 10.9 Å². The second-order valence-electron chi connectivity index (χ2n) is 4.43. The number of hydrogen-bond acceptors (Lipinski definition) is 6. The van der Waals surface area contributed by atoms with Crippen LogP contribution in [-0.4, -0.2) is 20.4 Å². The average molecular weight is 331 g/mol. The van der Waals surface area contributed by atoms with Crippen molar-refractivity contribution >= 4 is 32.7 Å². The second kappa shape index (κ2) is 6.31. The van der Waals surface area contributed by atoms with Gasteiger partial charge < -0.3 is 5.32 Å². The fourth-order valence-electron chi connectivity index (χ4n) is 1.69. The van der Waals surface area contributed by atoms with Crippen LogP contribution >= 0.6 is 22.7 Å². The summed E-state index contributed by atoms with van der Waals surface area (Å²) in [4.78, 5) is 6.58. The molecule has 5 nitrogen and oxygen atoms in total. The third-order valence-corrected chi connectivity index (χ3v) is 6.33. The highest BCUT2D eigenvalue weighted by molar-refractivity contribution is 7.89. The minimum atomic E-state index is -3.50. The van der Waals surface area contributed by atoms with Gasteiger partial charge in [0.15, 0.2) is 0 Å². The van der Waals surface area contributed by atoms with E-state index in [4.69, 9.17) is 0 Å². The van der Waals surface area contributed by atoms with E-state index in [9.17, 15) is 8.42 Å². The Balaban J connectivity index is 2.13. The minimum Gasteiger partial charge on any atom is -0.315 e. The van der Waals surface area contributed by atoms with Gasteiger partial charge in [0.25, 0.3) is 0 Å². The molecule has 0 saturated heterocycles. The van der Waals surface area contributed by atoms with Crippen LogP contribution in [0, 0.1) is 6.92 Å². The smallest absolute Gasteiger partial charge is 0.242 e. The highest BCUT2D eigenvalue weighted by atomic mass is 32.2. The molecule has 0 aliphatic carbocycles. The monoisotopic (exact) mass is 331 g/mol. The van der Waals surface area contributed by atoms with Gasteiger partial charge in [-0.15, -0.1) is 22.7 Å². The van der Waals surface area contributed by atoms with Crippen LogP contribution in [0.2, 0.25) is 0 Å². The summed E-state index contributed by atoms with van der Waals surface area (Å²) < 4.78 is 27.2. The van der Waals surface area contributed by atoms with Crippen molar-refractivity contribution in [3.05, 3.63) is 32.4 Å². The standard InChI is InChI=1S/C12H17N3O2S3/c1-8-5-14-12(19-8)9(2)15-20(16,17)11-4-10(6-13-3)18-7-11/h4-5,7,9,13,15H,6H2,1-3H3. The van der Waals surface area contributed by atoms with Crippen LogP contribution < -0.4 is 10.0 Å². The fourth-order valence-corrected chi connectivity index (χ4v) is 5.04. The first kappa shape index (κ1) is 15.6. The van der Waals surface area contributed by atoms with E-state index in [-0.39, 0.29) is 6.04 Å². The molecular weight excluding hydrogens is 314 g/mol. The first-order chi connectivity index (χ1) is 9.42. The zero-order chi connectivity index (χ0) is 14.8. The lowest BCUT2D eigenvalue weighted by molar-refractivity contribution is 0.566. The van der Waals surface area contributed by atoms with Crippen molar-refractivity contribution < 1.29 is 8.42 Å². The molecule has 2 aromatic rings. The molecule has 1 unspecified atom stereocenters. The molecule has 8 heteroatoms. The lowest BCUT2D eigenvalue weighted by Crippen LogP contribution is -2.26. The van der Waals surface area contributed by atoms with Crippen LogP contribution in [0.25, 0.3) is 0 Å². The van der Waals surface area contributed by atoms with Gasteiger partial charge in [0.1, 0.15) is 5.01 Å². The first-order valence-electron chi connectivity index (χ1n) is 6.09. The van der Waals surface area contributed by atoms with Crippen LogP contribution in [0.3, 0.4) is 0 Å². The lowest BCUT2D eigenvalue weighted by Gasteiger charge is -2.10. The molecule has 2 heterocycles. The van der Waals surface area contributed by atoms with Gasteiger partial charge >= 0.3 is 0 Å². The predicted octanol–water partition coefficient (Wildman–Crippen LogP) is 2.27. The van der Waals surface area contributed by atoms with E-state index in [1.807, 2.05) is 14.0 Å². The van der Waals surface area contributed by atoms with Crippen molar-refractivity contribution in [2.24, 2.45) is 0 Å². The third-order valence-electron chi connectivity index (χ3n) is 2.63. The Kier molecular flexibility index (Phi) is 4.92. The maximum atomic E-state index is 12.3. The van der Waals surface area contributed by atoms with E-state index in [2.05, 4.69) is 15.0 Å². The van der Waals surface area contributed by atoms with Crippen LogP contribution in [-0.2, 0) is 16.6 Å². The molecule has 2 N–H and O–H groups in total. The topological polar surface area (TPSA) is 71.1 Å². The molecule has 2 aromatic heterocycles. The largest absolute Gasteiger partial charge is 0.315 e. The Labute approximate surface area is 127 Å². The number of nitrogens with zero attached hydrogens (tertiary/aromatic N) is 1. The summed E-state index contributed by atoms with van der Waals surface area (Å²) in [6, 6.07) is 1.37. The number of rotatable bonds is 6. The van der Waals surface area contributed by atoms with Crippen LogP contribution in [0.1, 0.15) is 27.7 Å². The van der Waals surface area contributed by atoms with Gasteiger partial charge in [-0.25, -0.2) is 18.1 Å². The number of aromatic nitrogens is 1. The Morgan fingerprint density at radius 1 is 1.45 bits per heavy atom. The molecule has 0 spiro atoms. The average Bonchev–Trinajstić information content (AvgIpc) is 2.98. The molecule has 2 rings (SSSR count). The summed E-state index contributed by atoms with van der Waals surface area (Å²) in [7, 11) is -1.66. The van der Waals surface area contributed by atoms with Crippen LogP contribution in [0.5, 0.6) is 0 Å². The summed E-state index contributed by atoms with van der Waals surface area (Å²) in [6.45, 7) is 4.42. The molecule has 20 heavy (non-hydrogen) atoms. The molecule has 0 saturated carbocycles. The molecule has 0 fully saturated rings. The van der Waals surface area contributed by atoms with Crippen LogP contribution in [0.4, 0.5) is 0 Å². The summed E-state index contributed by atoms with van der Waals surface area (Å²) in [5.41, 5.74) is 0. The van der Waals surface area contributed by atoms with Gasteiger partial charge in [-0.3, -0.25) is 0 Å². The van der Waals surface area contributed by atoms with E-state index >= 15 is 0 Å².